The summed E-state index contributed by atoms with van der Waals surface area (Å²) in [6.45, 7) is 6.40. The van der Waals surface area contributed by atoms with Crippen LogP contribution in [0.1, 0.15) is 50.8 Å². The van der Waals surface area contributed by atoms with Gasteiger partial charge in [0.05, 0.1) is 5.54 Å². The molecule has 2 aliphatic carbocycles. The Hall–Kier alpha value is -1.61. The predicted molar refractivity (Wildman–Crippen MR) is 81.6 cm³/mol. The van der Waals surface area contributed by atoms with Crippen molar-refractivity contribution in [2.75, 3.05) is 0 Å². The van der Waals surface area contributed by atoms with Gasteiger partial charge in [0, 0.05) is 23.6 Å². The van der Waals surface area contributed by atoms with Crippen LogP contribution in [0.4, 0.5) is 0 Å². The zero-order valence-electron chi connectivity index (χ0n) is 12.4. The highest BCUT2D eigenvalue weighted by molar-refractivity contribution is 5.51. The van der Waals surface area contributed by atoms with Crippen molar-refractivity contribution >= 4 is 0 Å². The summed E-state index contributed by atoms with van der Waals surface area (Å²) in [5, 5.41) is 0. The van der Waals surface area contributed by atoms with Crippen LogP contribution in [0, 0.1) is 5.92 Å². The number of pyridine rings is 1. The minimum absolute atomic E-state index is 0.0338. The molecule has 3 heteroatoms. The van der Waals surface area contributed by atoms with Gasteiger partial charge in [-0.3, -0.25) is 4.79 Å². The lowest BCUT2D eigenvalue weighted by molar-refractivity contribution is 0.359. The monoisotopic (exact) mass is 270 g/mol. The van der Waals surface area contributed by atoms with E-state index in [9.17, 15) is 4.79 Å². The van der Waals surface area contributed by atoms with Gasteiger partial charge in [0.1, 0.15) is 0 Å². The Bertz CT molecular complexity index is 668. The minimum Gasteiger partial charge on any atom is -0.326 e. The highest BCUT2D eigenvalue weighted by atomic mass is 16.1. The number of H-pyrrole nitrogens is 1. The molecule has 2 aliphatic rings. The zero-order chi connectivity index (χ0) is 14.5. The highest BCUT2D eigenvalue weighted by Crippen LogP contribution is 2.53. The van der Waals surface area contributed by atoms with Crippen molar-refractivity contribution in [3.8, 4) is 0 Å². The van der Waals surface area contributed by atoms with Crippen LogP contribution in [0.25, 0.3) is 0 Å². The van der Waals surface area contributed by atoms with E-state index >= 15 is 0 Å². The van der Waals surface area contributed by atoms with Gasteiger partial charge in [-0.05, 0) is 43.9 Å². The van der Waals surface area contributed by atoms with E-state index in [0.717, 1.165) is 24.1 Å². The summed E-state index contributed by atoms with van der Waals surface area (Å²) >= 11 is 0. The van der Waals surface area contributed by atoms with Crippen LogP contribution in [0.3, 0.4) is 0 Å². The molecule has 0 aliphatic heterocycles. The van der Waals surface area contributed by atoms with Crippen molar-refractivity contribution in [2.45, 2.75) is 45.1 Å². The van der Waals surface area contributed by atoms with E-state index in [1.165, 1.54) is 11.1 Å². The smallest absolute Gasteiger partial charge is 0.248 e. The number of aromatic amines is 1. The number of aromatic nitrogens is 1. The maximum atomic E-state index is 11.7. The molecule has 3 N–H and O–H groups in total. The number of nitrogens with one attached hydrogen (secondary N) is 1. The SMILES string of the molecule is CC=C1[C@H]2C=C(C)C[C@]1(N)c1ccc(=O)[nH]c1[C@@H]2CC. The summed E-state index contributed by atoms with van der Waals surface area (Å²) < 4.78 is 0. The Kier molecular flexibility index (Phi) is 2.98. The van der Waals surface area contributed by atoms with E-state index in [1.807, 2.05) is 6.07 Å². The fourth-order valence-corrected chi connectivity index (χ4v) is 4.14. The Labute approximate surface area is 119 Å². The molecule has 0 unspecified atom stereocenters. The molecule has 0 saturated carbocycles. The molecule has 1 aromatic heterocycles. The Morgan fingerprint density at radius 3 is 2.90 bits per heavy atom. The summed E-state index contributed by atoms with van der Waals surface area (Å²) in [5.41, 5.74) is 11.1. The van der Waals surface area contributed by atoms with Crippen LogP contribution in [0.15, 0.2) is 40.2 Å². The highest BCUT2D eigenvalue weighted by Gasteiger charge is 2.47. The van der Waals surface area contributed by atoms with Gasteiger partial charge in [0.2, 0.25) is 5.56 Å². The van der Waals surface area contributed by atoms with Crippen molar-refractivity contribution < 1.29 is 0 Å². The van der Waals surface area contributed by atoms with E-state index < -0.39 is 5.54 Å². The third kappa shape index (κ3) is 1.66. The molecule has 0 radical (unpaired) electrons. The first-order valence-electron chi connectivity index (χ1n) is 7.37. The maximum Gasteiger partial charge on any atom is 0.248 e. The maximum absolute atomic E-state index is 11.7. The van der Waals surface area contributed by atoms with Crippen molar-refractivity contribution in [1.82, 2.24) is 4.98 Å². The van der Waals surface area contributed by atoms with Gasteiger partial charge in [0.25, 0.3) is 0 Å². The van der Waals surface area contributed by atoms with Crippen LogP contribution in [-0.4, -0.2) is 4.98 Å². The average molecular weight is 270 g/mol. The van der Waals surface area contributed by atoms with Crippen LogP contribution >= 0.6 is 0 Å². The fourth-order valence-electron chi connectivity index (χ4n) is 4.14. The zero-order valence-corrected chi connectivity index (χ0v) is 12.4. The molecule has 3 rings (SSSR count). The topological polar surface area (TPSA) is 58.9 Å². The minimum atomic E-state index is -0.455. The van der Waals surface area contributed by atoms with Crippen LogP contribution < -0.4 is 11.3 Å². The third-order valence-corrected chi connectivity index (χ3v) is 4.88. The van der Waals surface area contributed by atoms with E-state index in [-0.39, 0.29) is 5.56 Å². The molecule has 20 heavy (non-hydrogen) atoms. The van der Waals surface area contributed by atoms with E-state index in [4.69, 9.17) is 5.73 Å². The Morgan fingerprint density at radius 1 is 1.50 bits per heavy atom. The normalized spacial score (nSPS) is 33.8. The molecule has 1 heterocycles. The van der Waals surface area contributed by atoms with Crippen LogP contribution in [0.5, 0.6) is 0 Å². The van der Waals surface area contributed by atoms with Crippen molar-refractivity contribution in [3.63, 3.8) is 0 Å². The second-order valence-electron chi connectivity index (χ2n) is 6.10. The molecule has 0 fully saturated rings. The summed E-state index contributed by atoms with van der Waals surface area (Å²) in [5.74, 6) is 0.631. The van der Waals surface area contributed by atoms with E-state index in [0.29, 0.717) is 11.8 Å². The summed E-state index contributed by atoms with van der Waals surface area (Å²) in [6.07, 6.45) is 6.33. The Balaban J connectivity index is 2.34. The number of rotatable bonds is 1. The molecule has 2 bridgehead atoms. The first kappa shape index (κ1) is 13.4. The number of hydrogen-bond donors (Lipinski definition) is 2. The van der Waals surface area contributed by atoms with Crippen LogP contribution in [-0.2, 0) is 5.54 Å². The first-order chi connectivity index (χ1) is 9.51. The lowest BCUT2D eigenvalue weighted by Gasteiger charge is -2.48. The molecule has 0 spiro atoms. The van der Waals surface area contributed by atoms with E-state index in [2.05, 4.69) is 37.9 Å². The number of hydrogen-bond acceptors (Lipinski definition) is 2. The van der Waals surface area contributed by atoms with Crippen molar-refractivity contribution in [2.24, 2.45) is 11.7 Å². The first-order valence-corrected chi connectivity index (χ1v) is 7.37. The second-order valence-corrected chi connectivity index (χ2v) is 6.10. The largest absolute Gasteiger partial charge is 0.326 e. The summed E-state index contributed by atoms with van der Waals surface area (Å²) in [7, 11) is 0. The molecule has 3 nitrogen and oxygen atoms in total. The third-order valence-electron chi connectivity index (χ3n) is 4.88. The summed E-state index contributed by atoms with van der Waals surface area (Å²) in [6, 6.07) is 3.52. The average Bonchev–Trinajstić information content (AvgIpc) is 2.38. The van der Waals surface area contributed by atoms with Gasteiger partial charge in [-0.25, -0.2) is 0 Å². The number of fused-ring (bicyclic) bond motifs is 4. The van der Waals surface area contributed by atoms with Crippen LogP contribution in [0.2, 0.25) is 0 Å². The van der Waals surface area contributed by atoms with Gasteiger partial charge in [-0.15, -0.1) is 0 Å². The Morgan fingerprint density at radius 2 is 2.25 bits per heavy atom. The van der Waals surface area contributed by atoms with Gasteiger partial charge < -0.3 is 10.7 Å². The molecule has 0 saturated heterocycles. The molecule has 1 aromatic rings. The molecule has 0 amide bonds. The number of nitrogens with two attached hydrogens (primary N) is 1. The lowest BCUT2D eigenvalue weighted by atomic mass is 9.59. The fraction of sp³-hybridized carbons (Fsp3) is 0.471. The lowest BCUT2D eigenvalue weighted by Crippen LogP contribution is -2.49. The quantitative estimate of drug-likeness (QED) is 0.771. The molecule has 0 aromatic carbocycles. The van der Waals surface area contributed by atoms with Crippen molar-refractivity contribution in [3.05, 3.63) is 57.0 Å². The second kappa shape index (κ2) is 4.45. The molecule has 3 atom stereocenters. The molecular weight excluding hydrogens is 248 g/mol. The number of allylic oxidation sites excluding steroid dienone is 2. The van der Waals surface area contributed by atoms with Gasteiger partial charge in [-0.1, -0.05) is 24.6 Å². The van der Waals surface area contributed by atoms with Gasteiger partial charge in [-0.2, -0.15) is 0 Å². The van der Waals surface area contributed by atoms with Crippen molar-refractivity contribution in [1.29, 1.82) is 0 Å². The van der Waals surface area contributed by atoms with E-state index in [1.54, 1.807) is 6.07 Å². The summed E-state index contributed by atoms with van der Waals surface area (Å²) in [4.78, 5) is 14.8. The molecular formula is C17H22N2O. The van der Waals surface area contributed by atoms with Gasteiger partial charge >= 0.3 is 0 Å². The standard InChI is InChI=1S/C17H22N2O/c1-4-11-12-8-10(3)9-17(18,13(12)5-2)14-6-7-15(20)19-16(11)14/h5-8,11-12H,4,9,18H2,1-3H3,(H,19,20)/t11-,12+,17-/m1/s1. The molecule has 106 valence electrons. The van der Waals surface area contributed by atoms with Gasteiger partial charge in [0.15, 0.2) is 0 Å². The predicted octanol–water partition coefficient (Wildman–Crippen LogP) is 2.95.